The smallest absolute Gasteiger partial charge is 0.340 e. The Labute approximate surface area is 165 Å². The summed E-state index contributed by atoms with van der Waals surface area (Å²) < 4.78 is 9.89. The number of methoxy groups -OCH3 is 1. The maximum Gasteiger partial charge on any atom is 0.340 e. The predicted octanol–water partition coefficient (Wildman–Crippen LogP) is 2.50. The summed E-state index contributed by atoms with van der Waals surface area (Å²) in [4.78, 5) is 38.5. The van der Waals surface area contributed by atoms with Gasteiger partial charge in [-0.2, -0.15) is 0 Å². The van der Waals surface area contributed by atoms with Crippen LogP contribution in [0.2, 0.25) is 0 Å². The molecule has 0 unspecified atom stereocenters. The molecule has 0 saturated heterocycles. The lowest BCUT2D eigenvalue weighted by Crippen LogP contribution is -2.31. The Morgan fingerprint density at radius 3 is 2.52 bits per heavy atom. The number of phenolic OH excluding ortho intramolecular Hbond substituents is 2. The average molecular weight is 397 g/mol. The molecule has 2 aromatic carbocycles. The number of rotatable bonds is 4. The SMILES string of the molecule is COC(=O)c1ccccc1N(C)C(=O)Cc1c(C)c2ccc(O)c(O)c2oc1=O. The number of ether oxygens (including phenoxy) is 1. The van der Waals surface area contributed by atoms with E-state index >= 15 is 0 Å². The minimum absolute atomic E-state index is 0.120. The van der Waals surface area contributed by atoms with Crippen LogP contribution in [0.4, 0.5) is 5.69 Å². The number of para-hydroxylation sites is 1. The van der Waals surface area contributed by atoms with Gasteiger partial charge in [-0.3, -0.25) is 4.79 Å². The molecule has 0 aliphatic heterocycles. The number of phenols is 2. The Morgan fingerprint density at radius 1 is 1.14 bits per heavy atom. The molecule has 1 aromatic heterocycles. The van der Waals surface area contributed by atoms with Gasteiger partial charge in [0, 0.05) is 12.4 Å². The van der Waals surface area contributed by atoms with Crippen LogP contribution in [0, 0.1) is 6.92 Å². The average Bonchev–Trinajstić information content (AvgIpc) is 2.72. The molecule has 0 aliphatic rings. The molecule has 2 N–H and O–H groups in total. The van der Waals surface area contributed by atoms with Gasteiger partial charge in [0.2, 0.25) is 11.7 Å². The van der Waals surface area contributed by atoms with E-state index in [0.29, 0.717) is 16.6 Å². The highest BCUT2D eigenvalue weighted by atomic mass is 16.5. The monoisotopic (exact) mass is 397 g/mol. The summed E-state index contributed by atoms with van der Waals surface area (Å²) in [5.41, 5.74) is 0.194. The van der Waals surface area contributed by atoms with Crippen LogP contribution < -0.4 is 10.5 Å². The van der Waals surface area contributed by atoms with Gasteiger partial charge in [-0.15, -0.1) is 0 Å². The number of hydrogen-bond acceptors (Lipinski definition) is 7. The summed E-state index contributed by atoms with van der Waals surface area (Å²) in [5, 5.41) is 19.9. The molecule has 1 heterocycles. The van der Waals surface area contributed by atoms with Crippen molar-refractivity contribution in [1.29, 1.82) is 0 Å². The molecule has 0 saturated carbocycles. The summed E-state index contributed by atoms with van der Waals surface area (Å²) in [5.74, 6) is -1.98. The molecule has 0 radical (unpaired) electrons. The van der Waals surface area contributed by atoms with Crippen molar-refractivity contribution in [3.8, 4) is 11.5 Å². The van der Waals surface area contributed by atoms with E-state index < -0.39 is 29.0 Å². The zero-order valence-electron chi connectivity index (χ0n) is 16.1. The van der Waals surface area contributed by atoms with E-state index in [0.717, 1.165) is 0 Å². The van der Waals surface area contributed by atoms with E-state index in [2.05, 4.69) is 0 Å². The minimum atomic E-state index is -0.793. The van der Waals surface area contributed by atoms with Crippen LogP contribution in [0.5, 0.6) is 11.5 Å². The standard InChI is InChI=1S/C21H19NO7/c1-11-12-8-9-16(23)18(25)19(12)29-21(27)14(11)10-17(24)22(2)15-7-5-4-6-13(15)20(26)28-3/h4-9,23,25H,10H2,1-3H3. The van der Waals surface area contributed by atoms with E-state index in [4.69, 9.17) is 9.15 Å². The number of fused-ring (bicyclic) bond motifs is 1. The molecule has 8 nitrogen and oxygen atoms in total. The van der Waals surface area contributed by atoms with Crippen LogP contribution in [0.1, 0.15) is 21.5 Å². The van der Waals surface area contributed by atoms with Gasteiger partial charge in [0.15, 0.2) is 11.3 Å². The summed E-state index contributed by atoms with van der Waals surface area (Å²) in [6.45, 7) is 1.63. The van der Waals surface area contributed by atoms with Crippen molar-refractivity contribution in [2.45, 2.75) is 13.3 Å². The first-order chi connectivity index (χ1) is 13.8. The predicted molar refractivity (Wildman–Crippen MR) is 105 cm³/mol. The molecular weight excluding hydrogens is 378 g/mol. The Kier molecular flexibility index (Phi) is 5.27. The summed E-state index contributed by atoms with van der Waals surface area (Å²) in [6.07, 6.45) is -0.280. The molecule has 0 bridgehead atoms. The van der Waals surface area contributed by atoms with Crippen LogP contribution in [-0.4, -0.2) is 36.2 Å². The largest absolute Gasteiger partial charge is 0.504 e. The molecule has 0 aliphatic carbocycles. The first kappa shape index (κ1) is 19.9. The van der Waals surface area contributed by atoms with E-state index in [1.54, 1.807) is 25.1 Å². The number of carbonyl (C=O) groups is 2. The van der Waals surface area contributed by atoms with Gasteiger partial charge >= 0.3 is 11.6 Å². The molecular formula is C21H19NO7. The second-order valence-corrected chi connectivity index (χ2v) is 6.44. The molecule has 0 atom stereocenters. The number of benzene rings is 2. The van der Waals surface area contributed by atoms with Crippen LogP contribution >= 0.6 is 0 Å². The van der Waals surface area contributed by atoms with Crippen molar-refractivity contribution in [1.82, 2.24) is 0 Å². The molecule has 29 heavy (non-hydrogen) atoms. The number of aryl methyl sites for hydroxylation is 1. The minimum Gasteiger partial charge on any atom is -0.504 e. The van der Waals surface area contributed by atoms with Gasteiger partial charge in [0.25, 0.3) is 0 Å². The van der Waals surface area contributed by atoms with E-state index in [1.807, 2.05) is 0 Å². The Hall–Kier alpha value is -3.81. The highest BCUT2D eigenvalue weighted by Gasteiger charge is 2.23. The maximum atomic E-state index is 12.8. The van der Waals surface area contributed by atoms with Crippen LogP contribution in [0.3, 0.4) is 0 Å². The van der Waals surface area contributed by atoms with Crippen molar-refractivity contribution in [2.75, 3.05) is 19.1 Å². The normalized spacial score (nSPS) is 10.7. The second-order valence-electron chi connectivity index (χ2n) is 6.44. The zero-order valence-corrected chi connectivity index (χ0v) is 16.1. The number of amides is 1. The van der Waals surface area contributed by atoms with Crippen molar-refractivity contribution < 1.29 is 29.0 Å². The molecule has 3 rings (SSSR count). The fraction of sp³-hybridized carbons (Fsp3) is 0.190. The van der Waals surface area contributed by atoms with Crippen LogP contribution in [-0.2, 0) is 16.0 Å². The lowest BCUT2D eigenvalue weighted by molar-refractivity contribution is -0.117. The fourth-order valence-electron chi connectivity index (χ4n) is 3.09. The fourth-order valence-corrected chi connectivity index (χ4v) is 3.09. The number of hydrogen-bond donors (Lipinski definition) is 2. The molecule has 150 valence electrons. The van der Waals surface area contributed by atoms with Gasteiger partial charge in [-0.05, 0) is 36.8 Å². The number of anilines is 1. The van der Waals surface area contributed by atoms with Crippen LogP contribution in [0.25, 0.3) is 11.0 Å². The number of likely N-dealkylation sites (N-methyl/N-ethyl adjacent to an activating group) is 1. The first-order valence-electron chi connectivity index (χ1n) is 8.67. The van der Waals surface area contributed by atoms with Crippen molar-refractivity contribution in [2.24, 2.45) is 0 Å². The quantitative estimate of drug-likeness (QED) is 0.395. The Balaban J connectivity index is 2.00. The maximum absolute atomic E-state index is 12.8. The van der Waals surface area contributed by atoms with Crippen molar-refractivity contribution >= 4 is 28.5 Å². The van der Waals surface area contributed by atoms with E-state index in [-0.39, 0.29) is 23.1 Å². The van der Waals surface area contributed by atoms with Crippen LogP contribution in [0.15, 0.2) is 45.6 Å². The van der Waals surface area contributed by atoms with E-state index in [9.17, 15) is 24.6 Å². The molecule has 3 aromatic rings. The van der Waals surface area contributed by atoms with Gasteiger partial charge in [-0.25, -0.2) is 9.59 Å². The van der Waals surface area contributed by atoms with Gasteiger partial charge in [0.05, 0.1) is 30.3 Å². The van der Waals surface area contributed by atoms with E-state index in [1.165, 1.54) is 37.3 Å². The third kappa shape index (κ3) is 3.52. The molecule has 1 amide bonds. The first-order valence-corrected chi connectivity index (χ1v) is 8.67. The Bertz CT molecular complexity index is 1180. The molecule has 0 fully saturated rings. The number of carbonyl (C=O) groups excluding carboxylic acids is 2. The summed E-state index contributed by atoms with van der Waals surface area (Å²) in [7, 11) is 2.74. The third-order valence-electron chi connectivity index (χ3n) is 4.78. The highest BCUT2D eigenvalue weighted by Crippen LogP contribution is 2.34. The molecule has 0 spiro atoms. The topological polar surface area (TPSA) is 117 Å². The lowest BCUT2D eigenvalue weighted by atomic mass is 10.0. The second kappa shape index (κ2) is 7.67. The molecule has 8 heteroatoms. The Morgan fingerprint density at radius 2 is 1.83 bits per heavy atom. The van der Waals surface area contributed by atoms with Crippen molar-refractivity contribution in [3.05, 3.63) is 63.5 Å². The van der Waals surface area contributed by atoms with Crippen molar-refractivity contribution in [3.63, 3.8) is 0 Å². The number of nitrogens with zero attached hydrogens (tertiary/aromatic N) is 1. The van der Waals surface area contributed by atoms with Gasteiger partial charge in [-0.1, -0.05) is 12.1 Å². The highest BCUT2D eigenvalue weighted by molar-refractivity contribution is 6.03. The zero-order chi connectivity index (χ0) is 21.3. The lowest BCUT2D eigenvalue weighted by Gasteiger charge is -2.20. The summed E-state index contributed by atoms with van der Waals surface area (Å²) >= 11 is 0. The third-order valence-corrected chi connectivity index (χ3v) is 4.78. The number of esters is 1. The van der Waals surface area contributed by atoms with Gasteiger partial charge in [0.1, 0.15) is 0 Å². The number of aromatic hydroxyl groups is 2. The van der Waals surface area contributed by atoms with Gasteiger partial charge < -0.3 is 24.3 Å². The summed E-state index contributed by atoms with van der Waals surface area (Å²) in [6, 6.07) is 9.23.